The molecule has 1 aliphatic carbocycles. The number of hydrogen-bond acceptors (Lipinski definition) is 1. The Hall–Kier alpha value is -0.890. The highest BCUT2D eigenvalue weighted by Crippen LogP contribution is 2.41. The first kappa shape index (κ1) is 12.6. The number of carbonyl (C=O) groups excluding carboxylic acids is 1. The van der Waals surface area contributed by atoms with Crippen molar-refractivity contribution in [2.75, 3.05) is 0 Å². The second-order valence-electron chi connectivity index (χ2n) is 5.49. The zero-order chi connectivity index (χ0) is 12.5. The number of halogens is 1. The lowest BCUT2D eigenvalue weighted by molar-refractivity contribution is -0.115. The van der Waals surface area contributed by atoms with Crippen LogP contribution >= 0.6 is 15.9 Å². The molecular weight excluding hydrogens is 276 g/mol. The molecule has 1 aliphatic rings. The first-order chi connectivity index (χ1) is 7.98. The number of ketones is 1. The van der Waals surface area contributed by atoms with E-state index >= 15 is 0 Å². The first-order valence-electron chi connectivity index (χ1n) is 5.93. The van der Waals surface area contributed by atoms with Gasteiger partial charge in [0.15, 0.2) is 5.78 Å². The van der Waals surface area contributed by atoms with Gasteiger partial charge in [0.2, 0.25) is 0 Å². The molecule has 0 radical (unpaired) electrons. The van der Waals surface area contributed by atoms with Crippen molar-refractivity contribution in [3.63, 3.8) is 0 Å². The quantitative estimate of drug-likeness (QED) is 0.744. The van der Waals surface area contributed by atoms with E-state index < -0.39 is 0 Å². The number of carbonyl (C=O) groups is 1. The van der Waals surface area contributed by atoms with Gasteiger partial charge in [0.25, 0.3) is 0 Å². The van der Waals surface area contributed by atoms with Gasteiger partial charge in [-0.15, -0.1) is 0 Å². The predicted molar refractivity (Wildman–Crippen MR) is 74.1 cm³/mol. The summed E-state index contributed by atoms with van der Waals surface area (Å²) in [7, 11) is 0. The van der Waals surface area contributed by atoms with Crippen LogP contribution in [0, 0.1) is 5.41 Å². The van der Waals surface area contributed by atoms with Gasteiger partial charge in [-0.05, 0) is 17.4 Å². The van der Waals surface area contributed by atoms with Gasteiger partial charge in [-0.25, -0.2) is 0 Å². The second-order valence-corrected chi connectivity index (χ2v) is 6.44. The molecule has 1 saturated carbocycles. The van der Waals surface area contributed by atoms with Crippen molar-refractivity contribution in [3.8, 4) is 0 Å². The van der Waals surface area contributed by atoms with Gasteiger partial charge in [-0.3, -0.25) is 4.79 Å². The topological polar surface area (TPSA) is 17.1 Å². The van der Waals surface area contributed by atoms with Crippen LogP contribution in [0.4, 0.5) is 0 Å². The highest BCUT2D eigenvalue weighted by molar-refractivity contribution is 9.11. The average molecular weight is 293 g/mol. The molecule has 0 atom stereocenters. The predicted octanol–water partition coefficient (Wildman–Crippen LogP) is 4.27. The van der Waals surface area contributed by atoms with Crippen molar-refractivity contribution in [3.05, 3.63) is 46.0 Å². The maximum absolute atomic E-state index is 11.9. The van der Waals surface area contributed by atoms with Gasteiger partial charge < -0.3 is 0 Å². The Balaban J connectivity index is 2.20. The summed E-state index contributed by atoms with van der Waals surface area (Å²) in [5.74, 6) is 0.304. The van der Waals surface area contributed by atoms with Crippen molar-refractivity contribution in [1.29, 1.82) is 0 Å². The van der Waals surface area contributed by atoms with Gasteiger partial charge in [0, 0.05) is 22.9 Å². The van der Waals surface area contributed by atoms with E-state index in [1.807, 2.05) is 18.2 Å². The van der Waals surface area contributed by atoms with E-state index in [0.717, 1.165) is 22.9 Å². The molecule has 1 aromatic carbocycles. The molecule has 1 aromatic rings. The Kier molecular flexibility index (Phi) is 3.53. The number of rotatable bonds is 2. The third kappa shape index (κ3) is 3.06. The Labute approximate surface area is 111 Å². The van der Waals surface area contributed by atoms with E-state index in [1.54, 1.807) is 0 Å². The minimum absolute atomic E-state index is 0.127. The zero-order valence-corrected chi connectivity index (χ0v) is 11.9. The molecule has 0 saturated heterocycles. The van der Waals surface area contributed by atoms with Gasteiger partial charge in [0.1, 0.15) is 0 Å². The lowest BCUT2D eigenvalue weighted by atomic mass is 9.91. The lowest BCUT2D eigenvalue weighted by Gasteiger charge is -2.13. The summed E-state index contributed by atoms with van der Waals surface area (Å²) in [6.45, 7) is 4.31. The third-order valence-corrected chi connectivity index (χ3v) is 3.92. The summed E-state index contributed by atoms with van der Waals surface area (Å²) in [6, 6.07) is 10.2. The van der Waals surface area contributed by atoms with Crippen LogP contribution in [0.3, 0.4) is 0 Å². The van der Waals surface area contributed by atoms with Crippen molar-refractivity contribution in [2.24, 2.45) is 5.41 Å². The van der Waals surface area contributed by atoms with E-state index in [-0.39, 0.29) is 5.41 Å². The van der Waals surface area contributed by atoms with E-state index in [4.69, 9.17) is 0 Å². The van der Waals surface area contributed by atoms with Gasteiger partial charge >= 0.3 is 0 Å². The van der Waals surface area contributed by atoms with E-state index in [0.29, 0.717) is 12.2 Å². The Bertz CT molecular complexity index is 457. The maximum Gasteiger partial charge on any atom is 0.160 e. The van der Waals surface area contributed by atoms with Crippen LogP contribution in [0.5, 0.6) is 0 Å². The SMILES string of the molecule is CC1(C)CC(=O)/C(=C(/Br)Cc2ccccc2)C1. The molecular formula is C15H17BrO. The second kappa shape index (κ2) is 4.77. The number of benzene rings is 1. The number of allylic oxidation sites excluding steroid dienone is 2. The first-order valence-corrected chi connectivity index (χ1v) is 6.72. The van der Waals surface area contributed by atoms with Gasteiger partial charge in [0.05, 0.1) is 0 Å². The Morgan fingerprint density at radius 1 is 1.24 bits per heavy atom. The van der Waals surface area contributed by atoms with Crippen LogP contribution in [0.25, 0.3) is 0 Å². The standard InChI is InChI=1S/C15H17BrO/c1-15(2)9-12(14(17)10-15)13(16)8-11-6-4-3-5-7-11/h3-7H,8-10H2,1-2H3/b13-12+. The van der Waals surface area contributed by atoms with Crippen molar-refractivity contribution in [2.45, 2.75) is 33.1 Å². The third-order valence-electron chi connectivity index (χ3n) is 3.16. The molecule has 17 heavy (non-hydrogen) atoms. The van der Waals surface area contributed by atoms with Crippen LogP contribution in [0.1, 0.15) is 32.3 Å². The van der Waals surface area contributed by atoms with E-state index in [9.17, 15) is 4.79 Å². The lowest BCUT2D eigenvalue weighted by Crippen LogP contribution is -2.04. The van der Waals surface area contributed by atoms with Crippen LogP contribution in [0.15, 0.2) is 40.4 Å². The summed E-state index contributed by atoms with van der Waals surface area (Å²) < 4.78 is 1.05. The molecule has 1 fully saturated rings. The fourth-order valence-electron chi connectivity index (χ4n) is 2.31. The molecule has 2 rings (SSSR count). The van der Waals surface area contributed by atoms with Crippen LogP contribution in [0.2, 0.25) is 0 Å². The summed E-state index contributed by atoms with van der Waals surface area (Å²) in [6.07, 6.45) is 2.38. The van der Waals surface area contributed by atoms with E-state index in [2.05, 4.69) is 41.9 Å². The average Bonchev–Trinajstić information content (AvgIpc) is 2.54. The fourth-order valence-corrected chi connectivity index (χ4v) is 2.99. The van der Waals surface area contributed by atoms with Crippen molar-refractivity contribution >= 4 is 21.7 Å². The van der Waals surface area contributed by atoms with Gasteiger partial charge in [-0.1, -0.05) is 60.1 Å². The molecule has 0 N–H and O–H groups in total. The Morgan fingerprint density at radius 3 is 2.41 bits per heavy atom. The largest absolute Gasteiger partial charge is 0.295 e. The normalized spacial score (nSPS) is 21.7. The summed E-state index contributed by atoms with van der Waals surface area (Å²) >= 11 is 3.59. The monoisotopic (exact) mass is 292 g/mol. The fraction of sp³-hybridized carbons (Fsp3) is 0.400. The van der Waals surface area contributed by atoms with Gasteiger partial charge in [-0.2, -0.15) is 0 Å². The molecule has 2 heteroatoms. The number of hydrogen-bond donors (Lipinski definition) is 0. The molecule has 0 heterocycles. The molecule has 90 valence electrons. The maximum atomic E-state index is 11.9. The molecule has 0 bridgehead atoms. The van der Waals surface area contributed by atoms with Crippen molar-refractivity contribution in [1.82, 2.24) is 0 Å². The summed E-state index contributed by atoms with van der Waals surface area (Å²) in [5, 5.41) is 0. The smallest absolute Gasteiger partial charge is 0.160 e. The zero-order valence-electron chi connectivity index (χ0n) is 10.3. The Morgan fingerprint density at radius 2 is 1.88 bits per heavy atom. The highest BCUT2D eigenvalue weighted by Gasteiger charge is 2.34. The summed E-state index contributed by atoms with van der Waals surface area (Å²) in [4.78, 5) is 11.9. The molecule has 0 amide bonds. The van der Waals surface area contributed by atoms with Crippen LogP contribution in [-0.2, 0) is 11.2 Å². The molecule has 0 spiro atoms. The molecule has 1 nitrogen and oxygen atoms in total. The van der Waals surface area contributed by atoms with Crippen LogP contribution in [-0.4, -0.2) is 5.78 Å². The minimum atomic E-state index is 0.127. The highest BCUT2D eigenvalue weighted by atomic mass is 79.9. The van der Waals surface area contributed by atoms with Crippen molar-refractivity contribution < 1.29 is 4.79 Å². The molecule has 0 unspecified atom stereocenters. The molecule has 0 aromatic heterocycles. The van der Waals surface area contributed by atoms with E-state index in [1.165, 1.54) is 5.56 Å². The molecule has 0 aliphatic heterocycles. The van der Waals surface area contributed by atoms with Crippen LogP contribution < -0.4 is 0 Å². The minimum Gasteiger partial charge on any atom is -0.295 e. The summed E-state index contributed by atoms with van der Waals surface area (Å²) in [5.41, 5.74) is 2.35. The number of Topliss-reactive ketones (excluding diaryl/α,β-unsaturated/α-hetero) is 1.